The number of carbonyl (C=O) groups excluding carboxylic acids is 1. The molecule has 5 nitrogen and oxygen atoms in total. The number of aryl methyl sites for hydroxylation is 1. The lowest BCUT2D eigenvalue weighted by atomic mass is 10.1. The van der Waals surface area contributed by atoms with Crippen LogP contribution in [0.4, 0.5) is 0 Å². The number of sulfonamides is 1. The Morgan fingerprint density at radius 3 is 2.38 bits per heavy atom. The van der Waals surface area contributed by atoms with Gasteiger partial charge >= 0.3 is 0 Å². The molecule has 2 rings (SSSR count). The van der Waals surface area contributed by atoms with Gasteiger partial charge in [-0.25, -0.2) is 13.1 Å². The minimum atomic E-state index is -3.42. The number of nitrogens with zero attached hydrogens (tertiary/aromatic N) is 1. The molecule has 0 radical (unpaired) electrons. The second-order valence-electron chi connectivity index (χ2n) is 6.46. The molecule has 1 aliphatic heterocycles. The standard InChI is InChI=1S/C18H28N2O3S/c1-16-9-11-17(12-10-16)24(22,23)19-13-5-2-4-8-18(21)20-14-6-3-7-15-20/h9-12,19H,2-8,13-15H2,1H3. The predicted molar refractivity (Wildman–Crippen MR) is 95.3 cm³/mol. The summed E-state index contributed by atoms with van der Waals surface area (Å²) in [5.74, 6) is 0.245. The molecule has 0 spiro atoms. The fourth-order valence-electron chi connectivity index (χ4n) is 2.89. The van der Waals surface area contributed by atoms with Crippen LogP contribution >= 0.6 is 0 Å². The molecule has 1 saturated heterocycles. The van der Waals surface area contributed by atoms with Crippen LogP contribution in [0.15, 0.2) is 29.2 Å². The second kappa shape index (κ2) is 9.18. The SMILES string of the molecule is Cc1ccc(S(=O)(=O)NCCCCCC(=O)N2CCCCC2)cc1. The lowest BCUT2D eigenvalue weighted by Gasteiger charge is -2.26. The first-order chi connectivity index (χ1) is 11.5. The van der Waals surface area contributed by atoms with E-state index in [0.717, 1.165) is 50.8 Å². The number of hydrogen-bond acceptors (Lipinski definition) is 3. The number of rotatable bonds is 8. The van der Waals surface area contributed by atoms with E-state index < -0.39 is 10.0 Å². The average Bonchev–Trinajstić information content (AvgIpc) is 2.59. The molecule has 1 amide bonds. The van der Waals surface area contributed by atoms with E-state index in [0.29, 0.717) is 17.9 Å². The predicted octanol–water partition coefficient (Wildman–Crippen LogP) is 2.85. The highest BCUT2D eigenvalue weighted by atomic mass is 32.2. The van der Waals surface area contributed by atoms with Gasteiger partial charge in [0.05, 0.1) is 4.90 Å². The van der Waals surface area contributed by atoms with Gasteiger partial charge in [-0.15, -0.1) is 0 Å². The van der Waals surface area contributed by atoms with Gasteiger partial charge in [0, 0.05) is 26.1 Å². The van der Waals surface area contributed by atoms with E-state index in [9.17, 15) is 13.2 Å². The molecule has 0 aromatic heterocycles. The molecule has 1 fully saturated rings. The van der Waals surface area contributed by atoms with E-state index in [4.69, 9.17) is 0 Å². The van der Waals surface area contributed by atoms with Gasteiger partial charge in [0.1, 0.15) is 0 Å². The number of hydrogen-bond donors (Lipinski definition) is 1. The van der Waals surface area contributed by atoms with Crippen molar-refractivity contribution < 1.29 is 13.2 Å². The first-order valence-electron chi connectivity index (χ1n) is 8.83. The first-order valence-corrected chi connectivity index (χ1v) is 10.3. The van der Waals surface area contributed by atoms with Gasteiger partial charge in [-0.05, 0) is 51.2 Å². The lowest BCUT2D eigenvalue weighted by molar-refractivity contribution is -0.132. The van der Waals surface area contributed by atoms with E-state index in [-0.39, 0.29) is 5.91 Å². The minimum absolute atomic E-state index is 0.245. The smallest absolute Gasteiger partial charge is 0.240 e. The third kappa shape index (κ3) is 5.91. The van der Waals surface area contributed by atoms with Gasteiger partial charge in [-0.2, -0.15) is 0 Å². The van der Waals surface area contributed by atoms with Crippen LogP contribution in [0.2, 0.25) is 0 Å². The molecule has 1 aromatic rings. The maximum Gasteiger partial charge on any atom is 0.240 e. The number of benzene rings is 1. The second-order valence-corrected chi connectivity index (χ2v) is 8.23. The zero-order chi connectivity index (χ0) is 17.4. The highest BCUT2D eigenvalue weighted by Gasteiger charge is 2.16. The molecule has 1 heterocycles. The highest BCUT2D eigenvalue weighted by molar-refractivity contribution is 7.89. The Morgan fingerprint density at radius 2 is 1.71 bits per heavy atom. The largest absolute Gasteiger partial charge is 0.343 e. The van der Waals surface area contributed by atoms with Crippen molar-refractivity contribution in [3.63, 3.8) is 0 Å². The fraction of sp³-hybridized carbons (Fsp3) is 0.611. The quantitative estimate of drug-likeness (QED) is 0.732. The minimum Gasteiger partial charge on any atom is -0.343 e. The Hall–Kier alpha value is -1.40. The van der Waals surface area contributed by atoms with Crippen LogP contribution in [0.1, 0.15) is 50.5 Å². The van der Waals surface area contributed by atoms with Crippen LogP contribution in [0.5, 0.6) is 0 Å². The third-order valence-corrected chi connectivity index (χ3v) is 5.88. The summed E-state index contributed by atoms with van der Waals surface area (Å²) < 4.78 is 26.9. The molecule has 0 atom stereocenters. The van der Waals surface area contributed by atoms with Crippen molar-refractivity contribution in [1.29, 1.82) is 0 Å². The van der Waals surface area contributed by atoms with E-state index >= 15 is 0 Å². The summed E-state index contributed by atoms with van der Waals surface area (Å²) in [4.78, 5) is 14.3. The van der Waals surface area contributed by atoms with Gasteiger partial charge < -0.3 is 4.90 Å². The molecule has 0 saturated carbocycles. The van der Waals surface area contributed by atoms with Crippen LogP contribution in [-0.2, 0) is 14.8 Å². The summed E-state index contributed by atoms with van der Waals surface area (Å²) in [6.07, 6.45) is 6.46. The molecule has 1 N–H and O–H groups in total. The first kappa shape index (κ1) is 18.9. The fourth-order valence-corrected chi connectivity index (χ4v) is 3.96. The molecular formula is C18H28N2O3S. The summed E-state index contributed by atoms with van der Waals surface area (Å²) in [5.41, 5.74) is 1.03. The summed E-state index contributed by atoms with van der Waals surface area (Å²) in [5, 5.41) is 0. The van der Waals surface area contributed by atoms with Crippen molar-refractivity contribution in [2.75, 3.05) is 19.6 Å². The van der Waals surface area contributed by atoms with Crippen molar-refractivity contribution in [2.45, 2.75) is 56.8 Å². The average molecular weight is 353 g/mol. The van der Waals surface area contributed by atoms with Gasteiger partial charge in [-0.3, -0.25) is 4.79 Å². The normalized spacial score (nSPS) is 15.5. The summed E-state index contributed by atoms with van der Waals surface area (Å²) in [7, 11) is -3.42. The Labute approximate surface area is 145 Å². The van der Waals surface area contributed by atoms with Gasteiger partial charge in [0.2, 0.25) is 15.9 Å². The number of nitrogens with one attached hydrogen (secondary N) is 1. The van der Waals surface area contributed by atoms with E-state index in [1.165, 1.54) is 6.42 Å². The Morgan fingerprint density at radius 1 is 1.04 bits per heavy atom. The summed E-state index contributed by atoms with van der Waals surface area (Å²) >= 11 is 0. The zero-order valence-electron chi connectivity index (χ0n) is 14.5. The molecule has 0 bridgehead atoms. The van der Waals surface area contributed by atoms with Gasteiger partial charge in [0.15, 0.2) is 0 Å². The Balaban J connectivity index is 1.62. The van der Waals surface area contributed by atoms with Crippen LogP contribution in [0, 0.1) is 6.92 Å². The number of likely N-dealkylation sites (tertiary alicyclic amines) is 1. The third-order valence-electron chi connectivity index (χ3n) is 4.40. The molecule has 1 aliphatic rings. The summed E-state index contributed by atoms with van der Waals surface area (Å²) in [6, 6.07) is 6.82. The van der Waals surface area contributed by atoms with Crippen molar-refractivity contribution in [2.24, 2.45) is 0 Å². The van der Waals surface area contributed by atoms with E-state index in [1.807, 2.05) is 11.8 Å². The Kier molecular flexibility index (Phi) is 7.24. The molecule has 134 valence electrons. The van der Waals surface area contributed by atoms with Crippen molar-refractivity contribution in [1.82, 2.24) is 9.62 Å². The number of unbranched alkanes of at least 4 members (excludes halogenated alkanes) is 2. The number of piperidine rings is 1. The van der Waals surface area contributed by atoms with Crippen LogP contribution in [0.3, 0.4) is 0 Å². The number of carbonyl (C=O) groups is 1. The van der Waals surface area contributed by atoms with Crippen LogP contribution in [-0.4, -0.2) is 38.9 Å². The van der Waals surface area contributed by atoms with Crippen molar-refractivity contribution in [3.8, 4) is 0 Å². The van der Waals surface area contributed by atoms with Crippen LogP contribution in [0.25, 0.3) is 0 Å². The molecular weight excluding hydrogens is 324 g/mol. The molecule has 24 heavy (non-hydrogen) atoms. The molecule has 0 unspecified atom stereocenters. The van der Waals surface area contributed by atoms with Gasteiger partial charge in [0.25, 0.3) is 0 Å². The topological polar surface area (TPSA) is 66.5 Å². The van der Waals surface area contributed by atoms with Crippen molar-refractivity contribution in [3.05, 3.63) is 29.8 Å². The van der Waals surface area contributed by atoms with Crippen LogP contribution < -0.4 is 4.72 Å². The molecule has 6 heteroatoms. The van der Waals surface area contributed by atoms with E-state index in [1.54, 1.807) is 24.3 Å². The molecule has 0 aliphatic carbocycles. The number of amides is 1. The maximum absolute atomic E-state index is 12.1. The van der Waals surface area contributed by atoms with E-state index in [2.05, 4.69) is 4.72 Å². The van der Waals surface area contributed by atoms with Crippen molar-refractivity contribution >= 4 is 15.9 Å². The molecule has 1 aromatic carbocycles. The van der Waals surface area contributed by atoms with Gasteiger partial charge in [-0.1, -0.05) is 24.1 Å². The highest BCUT2D eigenvalue weighted by Crippen LogP contribution is 2.12. The Bertz CT molecular complexity index is 620. The maximum atomic E-state index is 12.1. The zero-order valence-corrected chi connectivity index (χ0v) is 15.3. The summed E-state index contributed by atoms with van der Waals surface area (Å²) in [6.45, 7) is 4.13. The lowest BCUT2D eigenvalue weighted by Crippen LogP contribution is -2.35. The monoisotopic (exact) mass is 352 g/mol.